The van der Waals surface area contributed by atoms with E-state index in [-0.39, 0.29) is 17.3 Å². The number of carbonyl (C=O) groups excluding carboxylic acids is 1. The zero-order valence-electron chi connectivity index (χ0n) is 12.4. The number of carboxylic acids is 1. The van der Waals surface area contributed by atoms with Crippen LogP contribution in [0.15, 0.2) is 0 Å². The maximum absolute atomic E-state index is 12.7. The minimum Gasteiger partial charge on any atom is -0.480 e. The molecule has 1 N–H and O–H groups in total. The van der Waals surface area contributed by atoms with E-state index in [4.69, 9.17) is 0 Å². The molecule has 5 nitrogen and oxygen atoms in total. The highest BCUT2D eigenvalue weighted by Gasteiger charge is 2.45. The highest BCUT2D eigenvalue weighted by atomic mass is 32.2. The average Bonchev–Trinajstić information content (AvgIpc) is 3.04. The van der Waals surface area contributed by atoms with Gasteiger partial charge in [-0.1, -0.05) is 27.2 Å². The molecule has 6 heteroatoms. The molecule has 20 heavy (non-hydrogen) atoms. The van der Waals surface area contributed by atoms with Crippen LogP contribution >= 0.6 is 11.8 Å². The lowest BCUT2D eigenvalue weighted by Crippen LogP contribution is -2.52. The van der Waals surface area contributed by atoms with E-state index < -0.39 is 12.0 Å². The second-order valence-electron chi connectivity index (χ2n) is 6.02. The first-order chi connectivity index (χ1) is 9.45. The first-order valence-corrected chi connectivity index (χ1v) is 8.42. The minimum atomic E-state index is -0.889. The Bertz CT molecular complexity index is 389. The summed E-state index contributed by atoms with van der Waals surface area (Å²) in [5, 5.41) is 9.32. The SMILES string of the molecule is CCC1CCN(C(=O)N2C(C(=O)O)CSC2C(C)C)C1. The largest absolute Gasteiger partial charge is 0.480 e. The standard InChI is InChI=1S/C14H24N2O3S/c1-4-10-5-6-15(7-10)14(19)16-11(13(17)18)8-20-12(16)9(2)3/h9-12H,4-8H2,1-3H3,(H,17,18). The molecule has 2 aliphatic heterocycles. The van der Waals surface area contributed by atoms with E-state index in [0.29, 0.717) is 11.7 Å². The Hall–Kier alpha value is -0.910. The van der Waals surface area contributed by atoms with E-state index >= 15 is 0 Å². The van der Waals surface area contributed by atoms with Crippen molar-refractivity contribution < 1.29 is 14.7 Å². The van der Waals surface area contributed by atoms with Crippen molar-refractivity contribution in [2.75, 3.05) is 18.8 Å². The van der Waals surface area contributed by atoms with Crippen LogP contribution in [0.2, 0.25) is 0 Å². The third-order valence-corrected chi connectivity index (χ3v) is 5.87. The summed E-state index contributed by atoms with van der Waals surface area (Å²) in [6.45, 7) is 7.76. The molecule has 0 aromatic rings. The summed E-state index contributed by atoms with van der Waals surface area (Å²) in [5.74, 6) is 0.433. The number of nitrogens with zero attached hydrogens (tertiary/aromatic N) is 2. The van der Waals surface area contributed by atoms with Gasteiger partial charge >= 0.3 is 12.0 Å². The predicted molar refractivity (Wildman–Crippen MR) is 79.7 cm³/mol. The smallest absolute Gasteiger partial charge is 0.327 e. The molecule has 0 bridgehead atoms. The monoisotopic (exact) mass is 300 g/mol. The molecule has 2 aliphatic rings. The number of hydrogen-bond donors (Lipinski definition) is 1. The molecule has 114 valence electrons. The molecule has 0 aliphatic carbocycles. The topological polar surface area (TPSA) is 60.9 Å². The summed E-state index contributed by atoms with van der Waals surface area (Å²) in [7, 11) is 0. The number of hydrogen-bond acceptors (Lipinski definition) is 3. The Labute approximate surface area is 124 Å². The van der Waals surface area contributed by atoms with Crippen LogP contribution in [0.1, 0.15) is 33.6 Å². The van der Waals surface area contributed by atoms with Gasteiger partial charge in [0.1, 0.15) is 6.04 Å². The van der Waals surface area contributed by atoms with Crippen LogP contribution < -0.4 is 0 Å². The van der Waals surface area contributed by atoms with Gasteiger partial charge in [-0.3, -0.25) is 4.90 Å². The van der Waals surface area contributed by atoms with Gasteiger partial charge in [-0.15, -0.1) is 11.8 Å². The van der Waals surface area contributed by atoms with E-state index in [0.717, 1.165) is 25.9 Å². The molecule has 0 aromatic carbocycles. The molecule has 2 rings (SSSR count). The van der Waals surface area contributed by atoms with Gasteiger partial charge in [0.05, 0.1) is 5.37 Å². The van der Waals surface area contributed by atoms with Gasteiger partial charge in [0.15, 0.2) is 0 Å². The fraction of sp³-hybridized carbons (Fsp3) is 0.857. The fourth-order valence-corrected chi connectivity index (χ4v) is 4.44. The highest BCUT2D eigenvalue weighted by molar-refractivity contribution is 8.00. The van der Waals surface area contributed by atoms with Gasteiger partial charge in [-0.25, -0.2) is 9.59 Å². The molecule has 2 fully saturated rings. The highest BCUT2D eigenvalue weighted by Crippen LogP contribution is 2.35. The molecule has 3 atom stereocenters. The van der Waals surface area contributed by atoms with Crippen LogP contribution in [-0.4, -0.2) is 57.2 Å². The van der Waals surface area contributed by atoms with Crippen molar-refractivity contribution in [2.24, 2.45) is 11.8 Å². The second-order valence-corrected chi connectivity index (χ2v) is 7.17. The van der Waals surface area contributed by atoms with Gasteiger partial charge in [-0.2, -0.15) is 0 Å². The molecule has 3 unspecified atom stereocenters. The van der Waals surface area contributed by atoms with Gasteiger partial charge in [0.2, 0.25) is 0 Å². The molecular weight excluding hydrogens is 276 g/mol. The minimum absolute atomic E-state index is 0.0238. The van der Waals surface area contributed by atoms with Crippen molar-refractivity contribution in [3.63, 3.8) is 0 Å². The van der Waals surface area contributed by atoms with E-state index in [9.17, 15) is 14.7 Å². The summed E-state index contributed by atoms with van der Waals surface area (Å²) in [4.78, 5) is 27.6. The van der Waals surface area contributed by atoms with Gasteiger partial charge in [0, 0.05) is 18.8 Å². The van der Waals surface area contributed by atoms with Crippen molar-refractivity contribution in [1.29, 1.82) is 0 Å². The third-order valence-electron chi connectivity index (χ3n) is 4.24. The van der Waals surface area contributed by atoms with Gasteiger partial charge < -0.3 is 10.0 Å². The summed E-state index contributed by atoms with van der Waals surface area (Å²) in [6, 6.07) is -0.766. The van der Waals surface area contributed by atoms with Gasteiger partial charge in [-0.05, 0) is 18.3 Å². The lowest BCUT2D eigenvalue weighted by molar-refractivity contribution is -0.141. The molecular formula is C14H24N2O3S. The third kappa shape index (κ3) is 2.90. The Morgan fingerprint density at radius 1 is 1.40 bits per heavy atom. The fourth-order valence-electron chi connectivity index (χ4n) is 2.98. The zero-order valence-corrected chi connectivity index (χ0v) is 13.2. The average molecular weight is 300 g/mol. The maximum atomic E-state index is 12.7. The van der Waals surface area contributed by atoms with Crippen molar-refractivity contribution in [2.45, 2.75) is 45.0 Å². The number of aliphatic carboxylic acids is 1. The summed E-state index contributed by atoms with van der Waals surface area (Å²) >= 11 is 1.59. The number of urea groups is 1. The van der Waals surface area contributed by atoms with Crippen molar-refractivity contribution in [1.82, 2.24) is 9.80 Å². The van der Waals surface area contributed by atoms with Crippen LogP contribution in [0.4, 0.5) is 4.79 Å². The van der Waals surface area contributed by atoms with Crippen molar-refractivity contribution >= 4 is 23.8 Å². The van der Waals surface area contributed by atoms with Crippen LogP contribution in [0.3, 0.4) is 0 Å². The van der Waals surface area contributed by atoms with Crippen LogP contribution in [0.5, 0.6) is 0 Å². The molecule has 2 heterocycles. The first kappa shape index (κ1) is 15.5. The van der Waals surface area contributed by atoms with E-state index in [1.54, 1.807) is 16.7 Å². The first-order valence-electron chi connectivity index (χ1n) is 7.37. The van der Waals surface area contributed by atoms with Crippen LogP contribution in [-0.2, 0) is 4.79 Å². The Morgan fingerprint density at radius 3 is 2.60 bits per heavy atom. The number of rotatable bonds is 3. The van der Waals surface area contributed by atoms with Crippen molar-refractivity contribution in [3.05, 3.63) is 0 Å². The molecule has 2 amide bonds. The number of carbonyl (C=O) groups is 2. The summed E-state index contributed by atoms with van der Waals surface area (Å²) in [6.07, 6.45) is 2.11. The quantitative estimate of drug-likeness (QED) is 0.869. The molecule has 2 saturated heterocycles. The van der Waals surface area contributed by atoms with Crippen LogP contribution in [0, 0.1) is 11.8 Å². The number of likely N-dealkylation sites (tertiary alicyclic amines) is 1. The Balaban J connectivity index is 2.13. The normalized spacial score (nSPS) is 30.3. The molecule has 0 saturated carbocycles. The number of amides is 2. The predicted octanol–water partition coefficient (Wildman–Crippen LogP) is 2.32. The lowest BCUT2D eigenvalue weighted by Gasteiger charge is -2.33. The van der Waals surface area contributed by atoms with E-state index in [2.05, 4.69) is 6.92 Å². The summed E-state index contributed by atoms with van der Waals surface area (Å²) in [5.41, 5.74) is 0. The van der Waals surface area contributed by atoms with Crippen LogP contribution in [0.25, 0.3) is 0 Å². The van der Waals surface area contributed by atoms with Gasteiger partial charge in [0.25, 0.3) is 0 Å². The number of carboxylic acid groups (broad SMARTS) is 1. The Morgan fingerprint density at radius 2 is 2.10 bits per heavy atom. The molecule has 0 radical (unpaired) electrons. The van der Waals surface area contributed by atoms with E-state index in [1.807, 2.05) is 18.7 Å². The molecule has 0 spiro atoms. The molecule has 0 aromatic heterocycles. The van der Waals surface area contributed by atoms with Crippen molar-refractivity contribution in [3.8, 4) is 0 Å². The second kappa shape index (κ2) is 6.24. The van der Waals surface area contributed by atoms with E-state index in [1.165, 1.54) is 0 Å². The zero-order chi connectivity index (χ0) is 14.9. The summed E-state index contributed by atoms with van der Waals surface area (Å²) < 4.78 is 0. The number of thioether (sulfide) groups is 1. The maximum Gasteiger partial charge on any atom is 0.327 e. The lowest BCUT2D eigenvalue weighted by atomic mass is 10.1. The Kier molecular flexibility index (Phi) is 4.83.